The predicted molar refractivity (Wildman–Crippen MR) is 67.9 cm³/mol. The topological polar surface area (TPSA) is 46.2 Å². The van der Waals surface area contributed by atoms with Crippen molar-refractivity contribution in [1.82, 2.24) is 0 Å². The fraction of sp³-hybridized carbons (Fsp3) is 0.333. The van der Waals surface area contributed by atoms with Crippen LogP contribution in [0.2, 0.25) is 0 Å². The van der Waals surface area contributed by atoms with Gasteiger partial charge in [-0.25, -0.2) is 8.42 Å². The molecule has 0 unspecified atom stereocenters. The average Bonchev–Trinajstić information content (AvgIpc) is 2.29. The van der Waals surface area contributed by atoms with Crippen LogP contribution in [0.1, 0.15) is 25.0 Å². The first kappa shape index (κ1) is 12.8. The second-order valence-corrected chi connectivity index (χ2v) is 5.10. The Kier molecular flexibility index (Phi) is 4.12. The van der Waals surface area contributed by atoms with Crippen molar-refractivity contribution in [1.29, 1.82) is 0 Å². The zero-order chi connectivity index (χ0) is 12.2. The van der Waals surface area contributed by atoms with Gasteiger partial charge in [-0.2, -0.15) is 0 Å². The first-order chi connectivity index (χ1) is 7.54. The molecule has 0 heterocycles. The molecule has 0 radical (unpaired) electrons. The lowest BCUT2D eigenvalue weighted by atomic mass is 10.0. The van der Waals surface area contributed by atoms with Gasteiger partial charge in [-0.3, -0.25) is 4.72 Å². The van der Waals surface area contributed by atoms with Gasteiger partial charge in [0.15, 0.2) is 0 Å². The van der Waals surface area contributed by atoms with Gasteiger partial charge in [-0.15, -0.1) is 0 Å². The maximum absolute atomic E-state index is 11.5. The molecule has 0 fully saturated rings. The molecule has 1 rings (SSSR count). The van der Waals surface area contributed by atoms with Crippen molar-refractivity contribution in [3.8, 4) is 0 Å². The van der Waals surface area contributed by atoms with Crippen molar-refractivity contribution in [2.45, 2.75) is 26.7 Å². The largest absolute Gasteiger partial charge is 0.280 e. The van der Waals surface area contributed by atoms with Crippen LogP contribution < -0.4 is 4.72 Å². The van der Waals surface area contributed by atoms with Crippen molar-refractivity contribution in [3.05, 3.63) is 41.3 Å². The summed E-state index contributed by atoms with van der Waals surface area (Å²) in [6, 6.07) is 5.81. The molecule has 0 saturated heterocycles. The van der Waals surface area contributed by atoms with Gasteiger partial charge in [-0.1, -0.05) is 38.6 Å². The van der Waals surface area contributed by atoms with E-state index in [0.717, 1.165) is 29.4 Å². The Hall–Kier alpha value is -1.29. The summed E-state index contributed by atoms with van der Waals surface area (Å²) in [6.07, 6.45) is 1.59. The summed E-state index contributed by atoms with van der Waals surface area (Å²) in [5, 5.41) is 0.929. The van der Waals surface area contributed by atoms with Gasteiger partial charge < -0.3 is 0 Å². The molecule has 0 spiro atoms. The zero-order valence-electron chi connectivity index (χ0n) is 9.66. The van der Waals surface area contributed by atoms with Crippen LogP contribution in [0.15, 0.2) is 30.2 Å². The normalized spacial score (nSPS) is 11.1. The minimum absolute atomic E-state index is 0.701. The molecule has 0 aromatic heterocycles. The highest BCUT2D eigenvalue weighted by Crippen LogP contribution is 2.23. The van der Waals surface area contributed by atoms with E-state index in [9.17, 15) is 8.42 Å². The first-order valence-electron chi connectivity index (χ1n) is 5.30. The van der Waals surface area contributed by atoms with Gasteiger partial charge in [0.2, 0.25) is 0 Å². The monoisotopic (exact) mass is 239 g/mol. The first-order valence-corrected chi connectivity index (χ1v) is 6.84. The number of aryl methyl sites for hydroxylation is 2. The Bertz CT molecular complexity index is 456. The number of sulfonamides is 1. The molecule has 0 saturated carbocycles. The minimum Gasteiger partial charge on any atom is -0.280 e. The number of hydrogen-bond acceptors (Lipinski definition) is 2. The fourth-order valence-electron chi connectivity index (χ4n) is 1.56. The Morgan fingerprint density at radius 3 is 2.12 bits per heavy atom. The molecule has 0 amide bonds. The maximum Gasteiger partial charge on any atom is 0.254 e. The van der Waals surface area contributed by atoms with Crippen LogP contribution in [0, 0.1) is 0 Å². The highest BCUT2D eigenvalue weighted by atomic mass is 32.2. The van der Waals surface area contributed by atoms with Crippen molar-refractivity contribution >= 4 is 15.7 Å². The molecule has 0 bridgehead atoms. The molecular weight excluding hydrogens is 222 g/mol. The van der Waals surface area contributed by atoms with Gasteiger partial charge in [-0.05, 0) is 24.0 Å². The Labute approximate surface area is 97.2 Å². The van der Waals surface area contributed by atoms with Crippen LogP contribution in [-0.2, 0) is 22.9 Å². The van der Waals surface area contributed by atoms with E-state index in [1.807, 2.05) is 32.0 Å². The van der Waals surface area contributed by atoms with Crippen LogP contribution in [0.3, 0.4) is 0 Å². The number of hydrogen-bond donors (Lipinski definition) is 1. The fourth-order valence-corrected chi connectivity index (χ4v) is 2.19. The Morgan fingerprint density at radius 2 is 1.75 bits per heavy atom. The molecule has 0 aliphatic rings. The van der Waals surface area contributed by atoms with Crippen LogP contribution >= 0.6 is 0 Å². The molecule has 16 heavy (non-hydrogen) atoms. The van der Waals surface area contributed by atoms with E-state index in [-0.39, 0.29) is 0 Å². The molecule has 88 valence electrons. The number of nitrogens with one attached hydrogen (secondary N) is 1. The molecule has 0 aliphatic heterocycles. The summed E-state index contributed by atoms with van der Waals surface area (Å²) in [4.78, 5) is 0. The third kappa shape index (κ3) is 2.85. The third-order valence-electron chi connectivity index (χ3n) is 2.46. The SMILES string of the molecule is C=CS(=O)(=O)Nc1c(CC)cccc1CC. The third-order valence-corrected chi connectivity index (χ3v) is 3.39. The molecule has 4 heteroatoms. The quantitative estimate of drug-likeness (QED) is 0.858. The van der Waals surface area contributed by atoms with E-state index in [0.29, 0.717) is 5.69 Å². The molecule has 0 aliphatic carbocycles. The van der Waals surface area contributed by atoms with Crippen LogP contribution in [0.5, 0.6) is 0 Å². The molecule has 0 atom stereocenters. The average molecular weight is 239 g/mol. The van der Waals surface area contributed by atoms with Gasteiger partial charge in [0.1, 0.15) is 0 Å². The van der Waals surface area contributed by atoms with Crippen molar-refractivity contribution in [2.24, 2.45) is 0 Å². The summed E-state index contributed by atoms with van der Waals surface area (Å²) in [7, 11) is -3.42. The van der Waals surface area contributed by atoms with Gasteiger partial charge in [0.05, 0.1) is 5.69 Å². The highest BCUT2D eigenvalue weighted by molar-refractivity contribution is 7.95. The minimum atomic E-state index is -3.42. The van der Waals surface area contributed by atoms with E-state index >= 15 is 0 Å². The predicted octanol–water partition coefficient (Wildman–Crippen LogP) is 2.70. The molecule has 1 N–H and O–H groups in total. The van der Waals surface area contributed by atoms with E-state index in [2.05, 4.69) is 11.3 Å². The summed E-state index contributed by atoms with van der Waals surface area (Å²) < 4.78 is 25.5. The van der Waals surface area contributed by atoms with Crippen LogP contribution in [0.25, 0.3) is 0 Å². The number of anilines is 1. The lowest BCUT2D eigenvalue weighted by Gasteiger charge is -2.13. The number of benzene rings is 1. The van der Waals surface area contributed by atoms with E-state index in [4.69, 9.17) is 0 Å². The number of para-hydroxylation sites is 1. The van der Waals surface area contributed by atoms with Crippen LogP contribution in [0.4, 0.5) is 5.69 Å². The van der Waals surface area contributed by atoms with E-state index in [1.165, 1.54) is 0 Å². The standard InChI is InChI=1S/C12H17NO2S/c1-4-10-8-7-9-11(5-2)12(10)13-16(14,15)6-3/h6-9,13H,3-5H2,1-2H3. The summed E-state index contributed by atoms with van der Waals surface area (Å²) in [5.41, 5.74) is 2.71. The Morgan fingerprint density at radius 1 is 1.25 bits per heavy atom. The van der Waals surface area contributed by atoms with Crippen LogP contribution in [-0.4, -0.2) is 8.42 Å². The lowest BCUT2D eigenvalue weighted by Crippen LogP contribution is -2.12. The maximum atomic E-state index is 11.5. The summed E-state index contributed by atoms with van der Waals surface area (Å²) >= 11 is 0. The molecular formula is C12H17NO2S. The second-order valence-electron chi connectivity index (χ2n) is 3.47. The second kappa shape index (κ2) is 5.16. The Balaban J connectivity index is 3.24. The summed E-state index contributed by atoms with van der Waals surface area (Å²) in [6.45, 7) is 7.29. The van der Waals surface area contributed by atoms with Crippen molar-refractivity contribution < 1.29 is 8.42 Å². The van der Waals surface area contributed by atoms with Crippen molar-refractivity contribution in [3.63, 3.8) is 0 Å². The highest BCUT2D eigenvalue weighted by Gasteiger charge is 2.11. The van der Waals surface area contributed by atoms with E-state index < -0.39 is 10.0 Å². The van der Waals surface area contributed by atoms with E-state index in [1.54, 1.807) is 0 Å². The molecule has 1 aromatic carbocycles. The smallest absolute Gasteiger partial charge is 0.254 e. The lowest BCUT2D eigenvalue weighted by molar-refractivity contribution is 0.609. The van der Waals surface area contributed by atoms with Gasteiger partial charge in [0, 0.05) is 5.41 Å². The number of rotatable bonds is 5. The zero-order valence-corrected chi connectivity index (χ0v) is 10.5. The van der Waals surface area contributed by atoms with Gasteiger partial charge >= 0.3 is 0 Å². The molecule has 1 aromatic rings. The van der Waals surface area contributed by atoms with Gasteiger partial charge in [0.25, 0.3) is 10.0 Å². The van der Waals surface area contributed by atoms with Crippen molar-refractivity contribution in [2.75, 3.05) is 4.72 Å². The molecule has 3 nitrogen and oxygen atoms in total. The summed E-state index contributed by atoms with van der Waals surface area (Å²) in [5.74, 6) is 0.